The summed E-state index contributed by atoms with van der Waals surface area (Å²) in [5, 5.41) is 3.99. The molecule has 2 aliphatic carbocycles. The number of carbonyl (C=O) groups is 1. The summed E-state index contributed by atoms with van der Waals surface area (Å²) in [4.78, 5) is 29.9. The first-order valence-electron chi connectivity index (χ1n) is 13.7. The van der Waals surface area contributed by atoms with Crippen molar-refractivity contribution in [1.82, 2.24) is 25.2 Å². The minimum atomic E-state index is 0.0173. The first-order valence-corrected chi connectivity index (χ1v) is 14.6. The molecule has 37 heavy (non-hydrogen) atoms. The third kappa shape index (κ3) is 6.54. The Bertz CT molecular complexity index is 1160. The number of benzene rings is 1. The minimum Gasteiger partial charge on any atom is -0.375 e. The Morgan fingerprint density at radius 1 is 1.11 bits per heavy atom. The van der Waals surface area contributed by atoms with Crippen LogP contribution in [0.25, 0.3) is 11.3 Å². The zero-order valence-electron chi connectivity index (χ0n) is 21.7. The Balaban J connectivity index is 1.07. The van der Waals surface area contributed by atoms with E-state index in [1.807, 2.05) is 24.3 Å². The van der Waals surface area contributed by atoms with Gasteiger partial charge in [0.1, 0.15) is 0 Å². The number of hydrogen-bond acceptors (Lipinski definition) is 7. The summed E-state index contributed by atoms with van der Waals surface area (Å²) in [6, 6.07) is 8.51. The number of nitrogens with zero attached hydrogens (tertiary/aromatic N) is 4. The van der Waals surface area contributed by atoms with E-state index in [2.05, 4.69) is 32.1 Å². The largest absolute Gasteiger partial charge is 0.375 e. The van der Waals surface area contributed by atoms with Crippen LogP contribution in [-0.2, 0) is 12.8 Å². The van der Waals surface area contributed by atoms with Gasteiger partial charge in [-0.15, -0.1) is 11.3 Å². The molecule has 3 aromatic rings. The third-order valence-corrected chi connectivity index (χ3v) is 8.92. The fraction of sp³-hybridized carbons (Fsp3) is 0.517. The van der Waals surface area contributed by atoms with Crippen molar-refractivity contribution in [3.63, 3.8) is 0 Å². The highest BCUT2D eigenvalue weighted by molar-refractivity contribution is 7.15. The SMILES string of the molecule is CCCN(CCC1CCC(NC(=O)c2ccc(-c3cnccn3)cc2)CC1)[C@H]1CCc2nc(N)sc2C1. The number of aromatic nitrogens is 3. The van der Waals surface area contributed by atoms with Gasteiger partial charge in [-0.2, -0.15) is 0 Å². The third-order valence-electron chi connectivity index (χ3n) is 7.97. The number of aryl methyl sites for hydroxylation is 1. The van der Waals surface area contributed by atoms with Crippen molar-refractivity contribution in [2.75, 3.05) is 18.8 Å². The molecule has 1 fully saturated rings. The van der Waals surface area contributed by atoms with E-state index in [4.69, 9.17) is 5.73 Å². The molecule has 2 aromatic heterocycles. The molecule has 0 unspecified atom stereocenters. The highest BCUT2D eigenvalue weighted by Crippen LogP contribution is 2.32. The van der Waals surface area contributed by atoms with Crippen molar-refractivity contribution in [3.8, 4) is 11.3 Å². The number of carbonyl (C=O) groups excluding carboxylic acids is 1. The minimum absolute atomic E-state index is 0.0173. The molecule has 1 aromatic carbocycles. The van der Waals surface area contributed by atoms with Gasteiger partial charge in [0, 0.05) is 40.5 Å². The first kappa shape index (κ1) is 25.8. The zero-order valence-corrected chi connectivity index (χ0v) is 22.6. The van der Waals surface area contributed by atoms with Crippen LogP contribution in [0.1, 0.15) is 72.8 Å². The highest BCUT2D eigenvalue weighted by atomic mass is 32.1. The lowest BCUT2D eigenvalue weighted by molar-refractivity contribution is 0.0918. The molecular weight excluding hydrogens is 480 g/mol. The van der Waals surface area contributed by atoms with Gasteiger partial charge >= 0.3 is 0 Å². The van der Waals surface area contributed by atoms with Gasteiger partial charge in [0.15, 0.2) is 5.13 Å². The predicted molar refractivity (Wildman–Crippen MR) is 150 cm³/mol. The van der Waals surface area contributed by atoms with Crippen molar-refractivity contribution in [2.24, 2.45) is 5.92 Å². The van der Waals surface area contributed by atoms with E-state index in [-0.39, 0.29) is 11.9 Å². The number of thiazole rings is 1. The normalized spacial score (nSPS) is 21.5. The number of fused-ring (bicyclic) bond motifs is 1. The molecule has 196 valence electrons. The number of nitrogens with one attached hydrogen (secondary N) is 1. The average molecular weight is 519 g/mol. The van der Waals surface area contributed by atoms with E-state index in [0.717, 1.165) is 54.5 Å². The lowest BCUT2D eigenvalue weighted by Crippen LogP contribution is -2.41. The smallest absolute Gasteiger partial charge is 0.251 e. The van der Waals surface area contributed by atoms with Crippen LogP contribution in [-0.4, -0.2) is 50.9 Å². The quantitative estimate of drug-likeness (QED) is 0.408. The lowest BCUT2D eigenvalue weighted by atomic mass is 9.83. The van der Waals surface area contributed by atoms with Crippen LogP contribution in [0, 0.1) is 5.92 Å². The fourth-order valence-corrected chi connectivity index (χ4v) is 6.86. The van der Waals surface area contributed by atoms with Gasteiger partial charge in [0.25, 0.3) is 5.91 Å². The lowest BCUT2D eigenvalue weighted by Gasteiger charge is -2.36. The molecule has 5 rings (SSSR count). The van der Waals surface area contributed by atoms with Crippen molar-refractivity contribution in [2.45, 2.75) is 76.8 Å². The molecule has 7 nitrogen and oxygen atoms in total. The maximum Gasteiger partial charge on any atom is 0.251 e. The van der Waals surface area contributed by atoms with E-state index < -0.39 is 0 Å². The molecular formula is C29H38N6OS. The van der Waals surface area contributed by atoms with E-state index in [1.165, 1.54) is 49.2 Å². The van der Waals surface area contributed by atoms with Crippen molar-refractivity contribution in [1.29, 1.82) is 0 Å². The van der Waals surface area contributed by atoms with Gasteiger partial charge in [0.2, 0.25) is 0 Å². The second kappa shape index (κ2) is 12.1. The van der Waals surface area contributed by atoms with Gasteiger partial charge in [0.05, 0.1) is 17.6 Å². The Morgan fingerprint density at radius 2 is 1.92 bits per heavy atom. The number of nitrogen functional groups attached to an aromatic ring is 1. The summed E-state index contributed by atoms with van der Waals surface area (Å²) < 4.78 is 0. The summed E-state index contributed by atoms with van der Waals surface area (Å²) in [5.41, 5.74) is 9.67. The van der Waals surface area contributed by atoms with Gasteiger partial charge in [-0.1, -0.05) is 19.1 Å². The molecule has 3 N–H and O–H groups in total. The maximum atomic E-state index is 12.8. The molecule has 8 heteroatoms. The summed E-state index contributed by atoms with van der Waals surface area (Å²) in [7, 11) is 0. The molecule has 0 radical (unpaired) electrons. The van der Waals surface area contributed by atoms with Gasteiger partial charge in [-0.25, -0.2) is 4.98 Å². The second-order valence-electron chi connectivity index (χ2n) is 10.5. The molecule has 1 atom stereocenters. The van der Waals surface area contributed by atoms with Crippen molar-refractivity contribution >= 4 is 22.4 Å². The van der Waals surface area contributed by atoms with Crippen LogP contribution in [0.15, 0.2) is 42.9 Å². The molecule has 0 bridgehead atoms. The maximum absolute atomic E-state index is 12.8. The molecule has 2 heterocycles. The molecule has 1 saturated carbocycles. The van der Waals surface area contributed by atoms with Gasteiger partial charge < -0.3 is 16.0 Å². The van der Waals surface area contributed by atoms with Crippen molar-refractivity contribution in [3.05, 3.63) is 59.0 Å². The Morgan fingerprint density at radius 3 is 2.65 bits per heavy atom. The zero-order chi connectivity index (χ0) is 25.6. The van der Waals surface area contributed by atoms with Crippen molar-refractivity contribution < 1.29 is 4.79 Å². The summed E-state index contributed by atoms with van der Waals surface area (Å²) in [6.45, 7) is 4.61. The van der Waals surface area contributed by atoms with Gasteiger partial charge in [-0.05, 0) is 88.9 Å². The Hall–Kier alpha value is -2.84. The summed E-state index contributed by atoms with van der Waals surface area (Å²) in [6.07, 6.45) is 15.4. The van der Waals surface area contributed by atoms with Crippen LogP contribution in [0.5, 0.6) is 0 Å². The summed E-state index contributed by atoms with van der Waals surface area (Å²) >= 11 is 1.68. The van der Waals surface area contributed by atoms with Crippen LogP contribution < -0.4 is 11.1 Å². The Labute approximate surface area is 223 Å². The second-order valence-corrected chi connectivity index (χ2v) is 11.6. The number of nitrogens with two attached hydrogens (primary N) is 1. The molecule has 2 aliphatic rings. The number of amides is 1. The molecule has 1 amide bonds. The molecule has 0 spiro atoms. The average Bonchev–Trinajstić information content (AvgIpc) is 3.31. The van der Waals surface area contributed by atoms with Gasteiger partial charge in [-0.3, -0.25) is 14.8 Å². The first-order chi connectivity index (χ1) is 18.1. The number of rotatable bonds is 9. The van der Waals surface area contributed by atoms with E-state index in [0.29, 0.717) is 11.6 Å². The topological polar surface area (TPSA) is 97.0 Å². The highest BCUT2D eigenvalue weighted by Gasteiger charge is 2.28. The van der Waals surface area contributed by atoms with E-state index in [1.54, 1.807) is 29.9 Å². The van der Waals surface area contributed by atoms with E-state index >= 15 is 0 Å². The fourth-order valence-electron chi connectivity index (χ4n) is 5.91. The van der Waals surface area contributed by atoms with Crippen LogP contribution in [0.2, 0.25) is 0 Å². The van der Waals surface area contributed by atoms with E-state index in [9.17, 15) is 4.79 Å². The Kier molecular flexibility index (Phi) is 8.46. The van der Waals surface area contributed by atoms with Crippen LogP contribution in [0.3, 0.4) is 0 Å². The summed E-state index contributed by atoms with van der Waals surface area (Å²) in [5.74, 6) is 0.764. The number of anilines is 1. The predicted octanol–water partition coefficient (Wildman–Crippen LogP) is 5.13. The number of hydrogen-bond donors (Lipinski definition) is 2. The monoisotopic (exact) mass is 518 g/mol. The standard InChI is InChI=1S/C29H38N6OS/c1-2-16-35(24-11-12-25-27(18-24)37-29(30)34-25)17-13-20-3-9-23(10-4-20)33-28(36)22-7-5-21(6-8-22)26-19-31-14-15-32-26/h5-8,14-15,19-20,23-24H,2-4,9-13,16-18H2,1H3,(H2,30,34)(H,33,36)/t20?,23?,24-/m0/s1. The molecule has 0 saturated heterocycles. The van der Waals surface area contributed by atoms with Crippen LogP contribution >= 0.6 is 11.3 Å². The molecule has 0 aliphatic heterocycles. The van der Waals surface area contributed by atoms with Crippen LogP contribution in [0.4, 0.5) is 5.13 Å².